The lowest BCUT2D eigenvalue weighted by Gasteiger charge is -2.26. The second-order valence-corrected chi connectivity index (χ2v) is 3.92. The lowest BCUT2D eigenvalue weighted by Crippen LogP contribution is -2.32. The first-order valence-corrected chi connectivity index (χ1v) is 5.62. The molecule has 0 radical (unpaired) electrons. The fraction of sp³-hybridized carbons (Fsp3) is 0.357. The van der Waals surface area contributed by atoms with Gasteiger partial charge in [-0.2, -0.15) is 0 Å². The summed E-state index contributed by atoms with van der Waals surface area (Å²) in [6.45, 7) is 2.10. The molecule has 4 heteroatoms. The van der Waals surface area contributed by atoms with Crippen LogP contribution in [0, 0.1) is 12.3 Å². The number of ether oxygens (including phenoxy) is 1. The topological polar surface area (TPSA) is 49.8 Å². The summed E-state index contributed by atoms with van der Waals surface area (Å²) in [5.41, 5.74) is 0.927. The molecule has 0 heterocycles. The van der Waals surface area contributed by atoms with Crippen LogP contribution in [0.4, 0.5) is 0 Å². The van der Waals surface area contributed by atoms with Crippen LogP contribution in [0.3, 0.4) is 0 Å². The number of carboxylic acids is 1. The van der Waals surface area contributed by atoms with Crippen LogP contribution >= 0.6 is 0 Å². The molecule has 0 saturated carbocycles. The number of hydrogen-bond donors (Lipinski definition) is 1. The predicted octanol–water partition coefficient (Wildman–Crippen LogP) is 1.78. The Balaban J connectivity index is 2.97. The van der Waals surface area contributed by atoms with Crippen LogP contribution in [-0.2, 0) is 4.79 Å². The van der Waals surface area contributed by atoms with E-state index in [0.29, 0.717) is 0 Å². The van der Waals surface area contributed by atoms with E-state index in [0.717, 1.165) is 11.3 Å². The molecule has 0 aliphatic carbocycles. The van der Waals surface area contributed by atoms with Crippen molar-refractivity contribution in [2.24, 2.45) is 0 Å². The Hall–Kier alpha value is -1.99. The van der Waals surface area contributed by atoms with E-state index in [1.165, 1.54) is 0 Å². The maximum absolute atomic E-state index is 10.8. The van der Waals surface area contributed by atoms with Gasteiger partial charge in [0.05, 0.1) is 20.2 Å². The van der Waals surface area contributed by atoms with E-state index in [1.54, 1.807) is 12.0 Å². The molecule has 0 spiro atoms. The number of hydrogen-bond acceptors (Lipinski definition) is 3. The predicted molar refractivity (Wildman–Crippen MR) is 69.5 cm³/mol. The molecule has 1 N–H and O–H groups in total. The summed E-state index contributed by atoms with van der Waals surface area (Å²) in [6, 6.07) is 7.41. The highest BCUT2D eigenvalue weighted by molar-refractivity contribution is 5.69. The third-order valence-electron chi connectivity index (χ3n) is 2.77. The SMILES string of the molecule is C#CCN(CC(=O)O)C(C)c1ccccc1OC. The van der Waals surface area contributed by atoms with E-state index in [9.17, 15) is 4.79 Å². The lowest BCUT2D eigenvalue weighted by atomic mass is 10.1. The van der Waals surface area contributed by atoms with E-state index < -0.39 is 5.97 Å². The first-order chi connectivity index (χ1) is 8.60. The fourth-order valence-electron chi connectivity index (χ4n) is 1.83. The van der Waals surface area contributed by atoms with Crippen molar-refractivity contribution in [1.82, 2.24) is 4.90 Å². The number of terminal acetylenes is 1. The lowest BCUT2D eigenvalue weighted by molar-refractivity contribution is -0.138. The Kier molecular flexibility index (Phi) is 5.22. The molecule has 0 amide bonds. The van der Waals surface area contributed by atoms with Gasteiger partial charge in [-0.3, -0.25) is 9.69 Å². The van der Waals surface area contributed by atoms with Crippen LogP contribution < -0.4 is 4.74 Å². The largest absolute Gasteiger partial charge is 0.496 e. The summed E-state index contributed by atoms with van der Waals surface area (Å²) in [7, 11) is 1.59. The van der Waals surface area contributed by atoms with Crippen molar-refractivity contribution < 1.29 is 14.6 Å². The number of methoxy groups -OCH3 is 1. The molecule has 0 saturated heterocycles. The Morgan fingerprint density at radius 1 is 1.56 bits per heavy atom. The standard InChI is InChI=1S/C14H17NO3/c1-4-9-15(10-14(16)17)11(2)12-7-5-6-8-13(12)18-3/h1,5-8,11H,9-10H2,2-3H3,(H,16,17). The quantitative estimate of drug-likeness (QED) is 0.778. The summed E-state index contributed by atoms with van der Waals surface area (Å²) in [5, 5.41) is 8.89. The van der Waals surface area contributed by atoms with Crippen LogP contribution in [0.2, 0.25) is 0 Å². The first-order valence-electron chi connectivity index (χ1n) is 5.62. The first kappa shape index (κ1) is 14.1. The Labute approximate surface area is 107 Å². The Morgan fingerprint density at radius 2 is 2.22 bits per heavy atom. The molecule has 1 aromatic carbocycles. The molecular formula is C14H17NO3. The number of carbonyl (C=O) groups is 1. The number of carboxylic acid groups (broad SMARTS) is 1. The Morgan fingerprint density at radius 3 is 2.78 bits per heavy atom. The minimum Gasteiger partial charge on any atom is -0.496 e. The fourth-order valence-corrected chi connectivity index (χ4v) is 1.83. The highest BCUT2D eigenvalue weighted by Crippen LogP contribution is 2.28. The van der Waals surface area contributed by atoms with Gasteiger partial charge in [0, 0.05) is 11.6 Å². The molecule has 1 rings (SSSR count). The van der Waals surface area contributed by atoms with E-state index >= 15 is 0 Å². The van der Waals surface area contributed by atoms with Gasteiger partial charge in [0.15, 0.2) is 0 Å². The van der Waals surface area contributed by atoms with Gasteiger partial charge >= 0.3 is 5.97 Å². The number of benzene rings is 1. The number of aliphatic carboxylic acids is 1. The van der Waals surface area contributed by atoms with E-state index in [-0.39, 0.29) is 19.1 Å². The second kappa shape index (κ2) is 6.67. The average Bonchev–Trinajstić information content (AvgIpc) is 2.37. The van der Waals surface area contributed by atoms with Gasteiger partial charge in [-0.05, 0) is 13.0 Å². The summed E-state index contributed by atoms with van der Waals surface area (Å²) < 4.78 is 5.27. The van der Waals surface area contributed by atoms with Crippen molar-refractivity contribution in [3.63, 3.8) is 0 Å². The van der Waals surface area contributed by atoms with Gasteiger partial charge in [-0.15, -0.1) is 6.42 Å². The molecule has 0 bridgehead atoms. The van der Waals surface area contributed by atoms with Gasteiger partial charge in [0.25, 0.3) is 0 Å². The van der Waals surface area contributed by atoms with Crippen molar-refractivity contribution >= 4 is 5.97 Å². The zero-order valence-electron chi connectivity index (χ0n) is 10.6. The third kappa shape index (κ3) is 3.51. The molecule has 0 aromatic heterocycles. The molecule has 96 valence electrons. The molecule has 1 unspecified atom stereocenters. The van der Waals surface area contributed by atoms with Crippen LogP contribution in [0.25, 0.3) is 0 Å². The Bertz CT molecular complexity index is 451. The summed E-state index contributed by atoms with van der Waals surface area (Å²) in [6.07, 6.45) is 5.28. The van der Waals surface area contributed by atoms with Gasteiger partial charge in [0.2, 0.25) is 0 Å². The molecule has 0 aliphatic rings. The zero-order valence-corrected chi connectivity index (χ0v) is 10.6. The minimum atomic E-state index is -0.896. The van der Waals surface area contributed by atoms with Gasteiger partial charge in [-0.25, -0.2) is 0 Å². The zero-order chi connectivity index (χ0) is 13.5. The summed E-state index contributed by atoms with van der Waals surface area (Å²) in [4.78, 5) is 12.5. The van der Waals surface area contributed by atoms with Crippen LogP contribution in [0.5, 0.6) is 5.75 Å². The van der Waals surface area contributed by atoms with E-state index in [2.05, 4.69) is 5.92 Å². The molecule has 4 nitrogen and oxygen atoms in total. The van der Waals surface area contributed by atoms with Crippen LogP contribution in [0.15, 0.2) is 24.3 Å². The van der Waals surface area contributed by atoms with Crippen molar-refractivity contribution in [3.05, 3.63) is 29.8 Å². The van der Waals surface area contributed by atoms with Crippen molar-refractivity contribution in [3.8, 4) is 18.1 Å². The normalized spacial score (nSPS) is 11.9. The van der Waals surface area contributed by atoms with Gasteiger partial charge in [-0.1, -0.05) is 24.1 Å². The van der Waals surface area contributed by atoms with E-state index in [4.69, 9.17) is 16.3 Å². The van der Waals surface area contributed by atoms with Crippen molar-refractivity contribution in [2.75, 3.05) is 20.2 Å². The maximum Gasteiger partial charge on any atom is 0.317 e. The monoisotopic (exact) mass is 247 g/mol. The van der Waals surface area contributed by atoms with Crippen LogP contribution in [0.1, 0.15) is 18.5 Å². The summed E-state index contributed by atoms with van der Waals surface area (Å²) >= 11 is 0. The summed E-state index contributed by atoms with van der Waals surface area (Å²) in [5.74, 6) is 2.32. The van der Waals surface area contributed by atoms with Crippen LogP contribution in [-0.4, -0.2) is 36.2 Å². The molecule has 1 atom stereocenters. The number of para-hydroxylation sites is 1. The number of rotatable bonds is 6. The number of nitrogens with zero attached hydrogens (tertiary/aromatic N) is 1. The molecular weight excluding hydrogens is 230 g/mol. The average molecular weight is 247 g/mol. The highest BCUT2D eigenvalue weighted by Gasteiger charge is 2.20. The smallest absolute Gasteiger partial charge is 0.317 e. The van der Waals surface area contributed by atoms with Crippen molar-refractivity contribution in [1.29, 1.82) is 0 Å². The molecule has 0 fully saturated rings. The molecule has 0 aliphatic heterocycles. The third-order valence-corrected chi connectivity index (χ3v) is 2.77. The van der Waals surface area contributed by atoms with Gasteiger partial charge < -0.3 is 9.84 Å². The highest BCUT2D eigenvalue weighted by atomic mass is 16.5. The molecule has 1 aromatic rings. The second-order valence-electron chi connectivity index (χ2n) is 3.92. The van der Waals surface area contributed by atoms with E-state index in [1.807, 2.05) is 31.2 Å². The van der Waals surface area contributed by atoms with Gasteiger partial charge in [0.1, 0.15) is 5.75 Å². The molecule has 18 heavy (non-hydrogen) atoms. The van der Waals surface area contributed by atoms with Crippen molar-refractivity contribution in [2.45, 2.75) is 13.0 Å². The minimum absolute atomic E-state index is 0.0938. The maximum atomic E-state index is 10.8.